The molecule has 0 saturated carbocycles. The zero-order valence-electron chi connectivity index (χ0n) is 8.88. The molecule has 0 aliphatic heterocycles. The third-order valence-electron chi connectivity index (χ3n) is 1.93. The summed E-state index contributed by atoms with van der Waals surface area (Å²) in [6.45, 7) is -2.64. The fourth-order valence-electron chi connectivity index (χ4n) is 1.05. The molecular weight excluding hydrogens is 283 g/mol. The highest BCUT2D eigenvalue weighted by atomic mass is 19.4. The minimum absolute atomic E-state index is 0.856. The van der Waals surface area contributed by atoms with Crippen LogP contribution in [0.15, 0.2) is 0 Å². The summed E-state index contributed by atoms with van der Waals surface area (Å²) < 4.78 is 115. The highest BCUT2D eigenvalue weighted by molar-refractivity contribution is 4.99. The smallest absolute Gasteiger partial charge is 0.363 e. The van der Waals surface area contributed by atoms with Gasteiger partial charge in [0.25, 0.3) is 0 Å². The average molecular weight is 292 g/mol. The van der Waals surface area contributed by atoms with Crippen LogP contribution in [-0.4, -0.2) is 43.6 Å². The van der Waals surface area contributed by atoms with Gasteiger partial charge < -0.3 is 4.74 Å². The second-order valence-electron chi connectivity index (χ2n) is 3.24. The van der Waals surface area contributed by atoms with Gasteiger partial charge >= 0.3 is 18.0 Å². The maximum absolute atomic E-state index is 13.0. The second-order valence-corrected chi connectivity index (χ2v) is 3.24. The van der Waals surface area contributed by atoms with Crippen LogP contribution in [0.2, 0.25) is 0 Å². The molecule has 2 unspecified atom stereocenters. The maximum atomic E-state index is 13.0. The summed E-state index contributed by atoms with van der Waals surface area (Å²) in [6, 6.07) is 0. The zero-order valence-corrected chi connectivity index (χ0v) is 8.88. The standard InChI is InChI=1S/C8H9F9O/c1-2-18-5(8(15,16)17)7(13,14)6(11,12)4(10)3-9/h4-5H,2-3H2,1H3. The van der Waals surface area contributed by atoms with Crippen LogP contribution < -0.4 is 0 Å². The van der Waals surface area contributed by atoms with Gasteiger partial charge in [0.1, 0.15) is 6.67 Å². The summed E-state index contributed by atoms with van der Waals surface area (Å²) in [5.41, 5.74) is 0. The van der Waals surface area contributed by atoms with Crippen molar-refractivity contribution >= 4 is 0 Å². The molecule has 0 saturated heterocycles. The number of ether oxygens (including phenoxy) is 1. The third-order valence-corrected chi connectivity index (χ3v) is 1.93. The Kier molecular flexibility index (Phi) is 5.33. The molecule has 18 heavy (non-hydrogen) atoms. The molecule has 0 radical (unpaired) electrons. The summed E-state index contributed by atoms with van der Waals surface area (Å²) in [7, 11) is 0. The van der Waals surface area contributed by atoms with E-state index in [1.807, 2.05) is 0 Å². The van der Waals surface area contributed by atoms with Gasteiger partial charge in [0.2, 0.25) is 6.10 Å². The van der Waals surface area contributed by atoms with Crippen molar-refractivity contribution in [2.75, 3.05) is 13.3 Å². The van der Waals surface area contributed by atoms with E-state index >= 15 is 0 Å². The van der Waals surface area contributed by atoms with Crippen molar-refractivity contribution < 1.29 is 44.3 Å². The highest BCUT2D eigenvalue weighted by Crippen LogP contribution is 2.46. The molecule has 0 bridgehead atoms. The van der Waals surface area contributed by atoms with Crippen LogP contribution in [0.25, 0.3) is 0 Å². The lowest BCUT2D eigenvalue weighted by Crippen LogP contribution is -2.60. The number of halogens is 9. The predicted molar refractivity (Wildman–Crippen MR) is 42.2 cm³/mol. The van der Waals surface area contributed by atoms with E-state index in [0.29, 0.717) is 0 Å². The van der Waals surface area contributed by atoms with Gasteiger partial charge in [-0.15, -0.1) is 0 Å². The number of hydrogen-bond donors (Lipinski definition) is 0. The molecule has 0 fully saturated rings. The second kappa shape index (κ2) is 5.54. The largest absolute Gasteiger partial charge is 0.420 e. The van der Waals surface area contributed by atoms with Crippen molar-refractivity contribution in [1.82, 2.24) is 0 Å². The molecule has 0 aliphatic carbocycles. The van der Waals surface area contributed by atoms with Crippen LogP contribution in [0.1, 0.15) is 6.92 Å². The predicted octanol–water partition coefficient (Wildman–Crippen LogP) is 3.53. The van der Waals surface area contributed by atoms with Gasteiger partial charge in [-0.3, -0.25) is 0 Å². The molecule has 1 nitrogen and oxygen atoms in total. The first kappa shape index (κ1) is 17.3. The lowest BCUT2D eigenvalue weighted by Gasteiger charge is -2.34. The van der Waals surface area contributed by atoms with Gasteiger partial charge in [0.15, 0.2) is 6.17 Å². The zero-order chi connectivity index (χ0) is 14.8. The molecule has 0 aromatic heterocycles. The highest BCUT2D eigenvalue weighted by Gasteiger charge is 2.72. The number of rotatable bonds is 6. The van der Waals surface area contributed by atoms with Crippen molar-refractivity contribution in [3.63, 3.8) is 0 Å². The quantitative estimate of drug-likeness (QED) is 0.680. The van der Waals surface area contributed by atoms with E-state index in [2.05, 4.69) is 4.74 Å². The molecule has 0 amide bonds. The van der Waals surface area contributed by atoms with Crippen molar-refractivity contribution in [2.45, 2.75) is 37.2 Å². The Morgan fingerprint density at radius 2 is 1.39 bits per heavy atom. The normalized spacial score (nSPS) is 17.7. The molecule has 0 spiro atoms. The van der Waals surface area contributed by atoms with E-state index in [1.54, 1.807) is 0 Å². The third kappa shape index (κ3) is 3.21. The molecule has 0 heterocycles. The van der Waals surface area contributed by atoms with E-state index in [-0.39, 0.29) is 0 Å². The minimum atomic E-state index is -5.92. The summed E-state index contributed by atoms with van der Waals surface area (Å²) in [6.07, 6.45) is -14.1. The van der Waals surface area contributed by atoms with Crippen LogP contribution >= 0.6 is 0 Å². The lowest BCUT2D eigenvalue weighted by atomic mass is 10.0. The molecule has 2 atom stereocenters. The van der Waals surface area contributed by atoms with E-state index in [4.69, 9.17) is 0 Å². The Labute approximate surface area is 95.9 Å². The van der Waals surface area contributed by atoms with E-state index < -0.39 is 43.6 Å². The Morgan fingerprint density at radius 3 is 1.67 bits per heavy atom. The van der Waals surface area contributed by atoms with Crippen molar-refractivity contribution in [3.05, 3.63) is 0 Å². The molecular formula is C8H9F9O. The first-order valence-corrected chi connectivity index (χ1v) is 4.56. The van der Waals surface area contributed by atoms with Gasteiger partial charge in [0, 0.05) is 6.61 Å². The van der Waals surface area contributed by atoms with Crippen molar-refractivity contribution in [3.8, 4) is 0 Å². The van der Waals surface area contributed by atoms with E-state index in [9.17, 15) is 39.5 Å². The average Bonchev–Trinajstić information content (AvgIpc) is 2.22. The topological polar surface area (TPSA) is 9.23 Å². The number of hydrogen-bond acceptors (Lipinski definition) is 1. The van der Waals surface area contributed by atoms with Crippen LogP contribution in [0, 0.1) is 0 Å². The van der Waals surface area contributed by atoms with Crippen LogP contribution in [0.4, 0.5) is 39.5 Å². The molecule has 0 aromatic rings. The SMILES string of the molecule is CCOC(C(F)(F)F)C(F)(F)C(F)(F)C(F)CF. The van der Waals surface area contributed by atoms with Gasteiger partial charge in [0.05, 0.1) is 0 Å². The maximum Gasteiger partial charge on any atom is 0.420 e. The Hall–Kier alpha value is -0.670. The Bertz CT molecular complexity index is 262. The summed E-state index contributed by atoms with van der Waals surface area (Å²) in [5.74, 6) is -11.8. The fraction of sp³-hybridized carbons (Fsp3) is 1.00. The van der Waals surface area contributed by atoms with Gasteiger partial charge in [-0.25, -0.2) is 8.78 Å². The van der Waals surface area contributed by atoms with Gasteiger partial charge in [-0.2, -0.15) is 30.7 Å². The molecule has 0 aliphatic rings. The van der Waals surface area contributed by atoms with Crippen LogP contribution in [0.5, 0.6) is 0 Å². The molecule has 0 N–H and O–H groups in total. The van der Waals surface area contributed by atoms with Gasteiger partial charge in [-0.1, -0.05) is 0 Å². The van der Waals surface area contributed by atoms with Crippen LogP contribution in [0.3, 0.4) is 0 Å². The Morgan fingerprint density at radius 1 is 0.944 bits per heavy atom. The lowest BCUT2D eigenvalue weighted by molar-refractivity contribution is -0.345. The molecule has 0 aromatic carbocycles. The van der Waals surface area contributed by atoms with Gasteiger partial charge in [-0.05, 0) is 6.92 Å². The monoisotopic (exact) mass is 292 g/mol. The first-order chi connectivity index (χ1) is 7.92. The summed E-state index contributed by atoms with van der Waals surface area (Å²) in [4.78, 5) is 0. The summed E-state index contributed by atoms with van der Waals surface area (Å²) >= 11 is 0. The Balaban J connectivity index is 5.41. The number of alkyl halides is 9. The molecule has 110 valence electrons. The van der Waals surface area contributed by atoms with E-state index in [1.165, 1.54) is 0 Å². The van der Waals surface area contributed by atoms with Crippen molar-refractivity contribution in [1.29, 1.82) is 0 Å². The fourth-order valence-corrected chi connectivity index (χ4v) is 1.05. The molecule has 10 heteroatoms. The van der Waals surface area contributed by atoms with Crippen LogP contribution in [-0.2, 0) is 4.74 Å². The summed E-state index contributed by atoms with van der Waals surface area (Å²) in [5, 5.41) is 0. The molecule has 0 rings (SSSR count). The minimum Gasteiger partial charge on any atom is -0.363 e. The van der Waals surface area contributed by atoms with E-state index in [0.717, 1.165) is 6.92 Å². The first-order valence-electron chi connectivity index (χ1n) is 4.56. The van der Waals surface area contributed by atoms with Crippen molar-refractivity contribution in [2.24, 2.45) is 0 Å².